The maximum absolute atomic E-state index is 12.7. The van der Waals surface area contributed by atoms with E-state index in [1.54, 1.807) is 48.3 Å². The number of nitrogens with zero attached hydrogens (tertiary/aromatic N) is 1. The second-order valence-electron chi connectivity index (χ2n) is 5.62. The van der Waals surface area contributed by atoms with Crippen LogP contribution in [0.3, 0.4) is 0 Å². The van der Waals surface area contributed by atoms with E-state index in [0.29, 0.717) is 16.3 Å². The van der Waals surface area contributed by atoms with Gasteiger partial charge < -0.3 is 0 Å². The zero-order chi connectivity index (χ0) is 18.6. The van der Waals surface area contributed by atoms with Crippen LogP contribution in [0.2, 0.25) is 0 Å². The Morgan fingerprint density at radius 2 is 1.88 bits per heavy atom. The van der Waals surface area contributed by atoms with Crippen LogP contribution in [0.5, 0.6) is 0 Å². The van der Waals surface area contributed by atoms with Crippen molar-refractivity contribution in [3.05, 3.63) is 72.1 Å². The van der Waals surface area contributed by atoms with Gasteiger partial charge in [-0.05, 0) is 35.6 Å². The Bertz CT molecular complexity index is 1030. The van der Waals surface area contributed by atoms with Crippen molar-refractivity contribution < 1.29 is 13.2 Å². The number of fused-ring (bicyclic) bond motifs is 1. The summed E-state index contributed by atoms with van der Waals surface area (Å²) in [6.07, 6.45) is 3.11. The van der Waals surface area contributed by atoms with Crippen molar-refractivity contribution in [2.45, 2.75) is 17.6 Å². The summed E-state index contributed by atoms with van der Waals surface area (Å²) in [5, 5.41) is 1.22. The highest BCUT2D eigenvalue weighted by Gasteiger charge is 2.21. The molecule has 1 heterocycles. The van der Waals surface area contributed by atoms with Gasteiger partial charge in [0.1, 0.15) is 0 Å². The first-order chi connectivity index (χ1) is 12.5. The molecular formula is C19H18N2O3S2. The quantitative estimate of drug-likeness (QED) is 0.700. The molecule has 26 heavy (non-hydrogen) atoms. The fraction of sp³-hybridized carbons (Fsp3) is 0.158. The fourth-order valence-corrected chi connectivity index (χ4v) is 4.37. The number of aromatic nitrogens is 1. The SMILES string of the molecule is CCSCc1ccc(C(=O)NS(=O)(=O)c2cccc3cnccc23)cc1. The molecular weight excluding hydrogens is 368 g/mol. The maximum Gasteiger partial charge on any atom is 0.264 e. The molecule has 0 aliphatic rings. The first-order valence-corrected chi connectivity index (χ1v) is 10.7. The maximum atomic E-state index is 12.7. The minimum Gasteiger partial charge on any atom is -0.268 e. The lowest BCUT2D eigenvalue weighted by molar-refractivity contribution is 0.0981. The molecule has 0 aliphatic carbocycles. The molecule has 2 aromatic carbocycles. The summed E-state index contributed by atoms with van der Waals surface area (Å²) in [5.41, 5.74) is 1.40. The predicted octanol–water partition coefficient (Wildman–Crippen LogP) is 3.61. The van der Waals surface area contributed by atoms with Crippen LogP contribution in [0, 0.1) is 0 Å². The Labute approximate surface area is 156 Å². The summed E-state index contributed by atoms with van der Waals surface area (Å²) in [7, 11) is -3.99. The number of hydrogen-bond acceptors (Lipinski definition) is 5. The Balaban J connectivity index is 1.83. The summed E-state index contributed by atoms with van der Waals surface area (Å²) < 4.78 is 27.5. The van der Waals surface area contributed by atoms with Crippen LogP contribution in [-0.2, 0) is 15.8 Å². The van der Waals surface area contributed by atoms with Gasteiger partial charge in [-0.1, -0.05) is 31.2 Å². The summed E-state index contributed by atoms with van der Waals surface area (Å²) in [4.78, 5) is 16.4. The molecule has 0 saturated carbocycles. The first kappa shape index (κ1) is 18.4. The Morgan fingerprint density at radius 1 is 1.12 bits per heavy atom. The van der Waals surface area contributed by atoms with Gasteiger partial charge in [0.25, 0.3) is 15.9 Å². The summed E-state index contributed by atoms with van der Waals surface area (Å²) in [6.45, 7) is 2.08. The zero-order valence-corrected chi connectivity index (χ0v) is 15.8. The molecule has 3 aromatic rings. The van der Waals surface area contributed by atoms with Crippen LogP contribution in [0.4, 0.5) is 0 Å². The van der Waals surface area contributed by atoms with Crippen LogP contribution in [0.15, 0.2) is 65.8 Å². The lowest BCUT2D eigenvalue weighted by Gasteiger charge is -2.10. The number of nitrogens with one attached hydrogen (secondary N) is 1. The predicted molar refractivity (Wildman–Crippen MR) is 105 cm³/mol. The van der Waals surface area contributed by atoms with Gasteiger partial charge in [0.15, 0.2) is 0 Å². The number of thioether (sulfide) groups is 1. The van der Waals surface area contributed by atoms with Gasteiger partial charge in [0, 0.05) is 34.5 Å². The van der Waals surface area contributed by atoms with Crippen molar-refractivity contribution in [1.82, 2.24) is 9.71 Å². The van der Waals surface area contributed by atoms with Gasteiger partial charge in [-0.15, -0.1) is 0 Å². The highest BCUT2D eigenvalue weighted by molar-refractivity contribution is 7.98. The van der Waals surface area contributed by atoms with Gasteiger partial charge in [-0.2, -0.15) is 11.8 Å². The number of carbonyl (C=O) groups excluding carboxylic acids is 1. The average Bonchev–Trinajstić information content (AvgIpc) is 2.66. The van der Waals surface area contributed by atoms with Crippen molar-refractivity contribution in [2.24, 2.45) is 0 Å². The van der Waals surface area contributed by atoms with E-state index in [1.165, 1.54) is 12.3 Å². The molecule has 7 heteroatoms. The lowest BCUT2D eigenvalue weighted by Crippen LogP contribution is -2.30. The van der Waals surface area contributed by atoms with Gasteiger partial charge in [-0.3, -0.25) is 9.78 Å². The van der Waals surface area contributed by atoms with E-state index >= 15 is 0 Å². The lowest BCUT2D eigenvalue weighted by atomic mass is 10.1. The first-order valence-electron chi connectivity index (χ1n) is 8.08. The zero-order valence-electron chi connectivity index (χ0n) is 14.2. The highest BCUT2D eigenvalue weighted by atomic mass is 32.2. The Hall–Kier alpha value is -2.38. The largest absolute Gasteiger partial charge is 0.268 e. The van der Waals surface area contributed by atoms with E-state index in [-0.39, 0.29) is 4.90 Å². The molecule has 0 atom stereocenters. The number of sulfonamides is 1. The van der Waals surface area contributed by atoms with Crippen molar-refractivity contribution in [2.75, 3.05) is 5.75 Å². The molecule has 1 N–H and O–H groups in total. The summed E-state index contributed by atoms with van der Waals surface area (Å²) >= 11 is 1.78. The number of hydrogen-bond donors (Lipinski definition) is 1. The standard InChI is InChI=1S/C19H18N2O3S2/c1-2-25-13-14-6-8-15(9-7-14)19(22)21-26(23,24)18-5-3-4-16-12-20-11-10-17(16)18/h3-12H,2,13H2,1H3,(H,21,22). The number of amides is 1. The molecule has 0 radical (unpaired) electrons. The van der Waals surface area contributed by atoms with Crippen LogP contribution < -0.4 is 4.72 Å². The topological polar surface area (TPSA) is 76.1 Å². The smallest absolute Gasteiger partial charge is 0.264 e. The minimum atomic E-state index is -3.99. The molecule has 0 unspecified atom stereocenters. The highest BCUT2D eigenvalue weighted by Crippen LogP contribution is 2.22. The number of benzene rings is 2. The van der Waals surface area contributed by atoms with E-state index in [0.717, 1.165) is 17.1 Å². The van der Waals surface area contributed by atoms with E-state index in [4.69, 9.17) is 0 Å². The molecule has 5 nitrogen and oxygen atoms in total. The second kappa shape index (κ2) is 7.88. The molecule has 0 fully saturated rings. The Kier molecular flexibility index (Phi) is 5.58. The minimum absolute atomic E-state index is 0.0571. The molecule has 0 saturated heterocycles. The van der Waals surface area contributed by atoms with Gasteiger partial charge in [0.05, 0.1) is 4.90 Å². The third-order valence-corrected chi connectivity index (χ3v) is 6.18. The van der Waals surface area contributed by atoms with E-state index in [1.807, 2.05) is 12.1 Å². The van der Waals surface area contributed by atoms with Crippen LogP contribution in [0.25, 0.3) is 10.8 Å². The van der Waals surface area contributed by atoms with Gasteiger partial charge in [0.2, 0.25) is 0 Å². The van der Waals surface area contributed by atoms with Crippen molar-refractivity contribution in [3.8, 4) is 0 Å². The fourth-order valence-electron chi connectivity index (χ4n) is 2.54. The third kappa shape index (κ3) is 4.05. The number of rotatable bonds is 6. The van der Waals surface area contributed by atoms with Gasteiger partial charge >= 0.3 is 0 Å². The van der Waals surface area contributed by atoms with Gasteiger partial charge in [-0.25, -0.2) is 13.1 Å². The number of pyridine rings is 1. The summed E-state index contributed by atoms with van der Waals surface area (Å²) in [6, 6.07) is 13.5. The molecule has 0 spiro atoms. The average molecular weight is 386 g/mol. The van der Waals surface area contributed by atoms with Crippen LogP contribution >= 0.6 is 11.8 Å². The summed E-state index contributed by atoms with van der Waals surface area (Å²) in [5.74, 6) is 1.23. The molecule has 1 aromatic heterocycles. The number of carbonyl (C=O) groups is 1. The molecule has 134 valence electrons. The molecule has 0 aliphatic heterocycles. The normalized spacial score (nSPS) is 11.4. The third-order valence-electron chi connectivity index (χ3n) is 3.85. The van der Waals surface area contributed by atoms with Crippen molar-refractivity contribution >= 4 is 38.5 Å². The van der Waals surface area contributed by atoms with E-state index in [2.05, 4.69) is 16.6 Å². The monoisotopic (exact) mass is 386 g/mol. The van der Waals surface area contributed by atoms with Crippen molar-refractivity contribution in [3.63, 3.8) is 0 Å². The molecule has 3 rings (SSSR count). The molecule has 0 bridgehead atoms. The Morgan fingerprint density at radius 3 is 2.62 bits per heavy atom. The van der Waals surface area contributed by atoms with E-state index in [9.17, 15) is 13.2 Å². The molecule has 1 amide bonds. The van der Waals surface area contributed by atoms with Crippen molar-refractivity contribution in [1.29, 1.82) is 0 Å². The van der Waals surface area contributed by atoms with E-state index < -0.39 is 15.9 Å². The van der Waals surface area contributed by atoms with Crippen LogP contribution in [0.1, 0.15) is 22.8 Å². The van der Waals surface area contributed by atoms with Crippen LogP contribution in [-0.4, -0.2) is 25.1 Å². The second-order valence-corrected chi connectivity index (χ2v) is 8.55.